The van der Waals surface area contributed by atoms with Crippen LogP contribution in [0, 0.1) is 5.92 Å². The molecule has 2 aliphatic heterocycles. The van der Waals surface area contributed by atoms with Gasteiger partial charge in [0.1, 0.15) is 6.10 Å². The van der Waals surface area contributed by atoms with E-state index in [9.17, 15) is 0 Å². The van der Waals surface area contributed by atoms with E-state index in [4.69, 9.17) is 14.2 Å². The smallest absolute Gasteiger partial charge is 0.114 e. The molecule has 1 N–H and O–H groups in total. The van der Waals surface area contributed by atoms with Crippen molar-refractivity contribution >= 4 is 0 Å². The Hall–Kier alpha value is -0.950. The van der Waals surface area contributed by atoms with E-state index in [1.165, 1.54) is 5.56 Å². The molecule has 0 radical (unpaired) electrons. The van der Waals surface area contributed by atoms with Crippen molar-refractivity contribution in [1.29, 1.82) is 0 Å². The van der Waals surface area contributed by atoms with Gasteiger partial charge in [-0.3, -0.25) is 4.68 Å². The second kappa shape index (κ2) is 8.06. The average molecular weight is 309 g/mol. The Balaban J connectivity index is 1.51. The van der Waals surface area contributed by atoms with Crippen LogP contribution in [-0.4, -0.2) is 56.4 Å². The Morgan fingerprint density at radius 3 is 3.00 bits per heavy atom. The van der Waals surface area contributed by atoms with Gasteiger partial charge in [0.05, 0.1) is 25.5 Å². The van der Waals surface area contributed by atoms with E-state index in [1.807, 2.05) is 4.68 Å². The number of ether oxygens (including phenoxy) is 3. The topological polar surface area (TPSA) is 57.5 Å². The molecular formula is C16H27N3O3. The lowest BCUT2D eigenvalue weighted by atomic mass is 10.00. The quantitative estimate of drug-likeness (QED) is 0.819. The summed E-state index contributed by atoms with van der Waals surface area (Å²) in [6.07, 6.45) is 5.50. The van der Waals surface area contributed by atoms with Gasteiger partial charge in [-0.25, -0.2) is 0 Å². The van der Waals surface area contributed by atoms with Gasteiger partial charge in [-0.15, -0.1) is 0 Å². The lowest BCUT2D eigenvalue weighted by molar-refractivity contribution is 0.0352. The van der Waals surface area contributed by atoms with E-state index in [0.717, 1.165) is 70.3 Å². The number of aromatic nitrogens is 2. The molecule has 1 aromatic rings. The zero-order chi connectivity index (χ0) is 15.2. The van der Waals surface area contributed by atoms with Crippen LogP contribution >= 0.6 is 0 Å². The highest BCUT2D eigenvalue weighted by atomic mass is 16.5. The fourth-order valence-electron chi connectivity index (χ4n) is 3.16. The van der Waals surface area contributed by atoms with Gasteiger partial charge in [0.15, 0.2) is 0 Å². The van der Waals surface area contributed by atoms with E-state index in [-0.39, 0.29) is 6.10 Å². The first-order valence-electron chi connectivity index (χ1n) is 8.32. The molecule has 0 unspecified atom stereocenters. The van der Waals surface area contributed by atoms with Gasteiger partial charge in [0, 0.05) is 33.1 Å². The molecule has 2 aliphatic rings. The van der Waals surface area contributed by atoms with Gasteiger partial charge in [-0.05, 0) is 37.3 Å². The highest BCUT2D eigenvalue weighted by Gasteiger charge is 2.25. The SMILES string of the molecule is COCCn1cc2c(n1)[C@H](CNCC1CCOCC1)OCC2. The molecule has 3 rings (SSSR count). The third-order valence-corrected chi connectivity index (χ3v) is 4.49. The van der Waals surface area contributed by atoms with E-state index < -0.39 is 0 Å². The molecule has 1 saturated heterocycles. The fraction of sp³-hybridized carbons (Fsp3) is 0.812. The van der Waals surface area contributed by atoms with Crippen molar-refractivity contribution in [3.05, 3.63) is 17.5 Å². The summed E-state index contributed by atoms with van der Waals surface area (Å²) in [6.45, 7) is 5.96. The molecule has 0 bridgehead atoms. The Bertz CT molecular complexity index is 457. The van der Waals surface area contributed by atoms with Crippen LogP contribution in [-0.2, 0) is 27.2 Å². The molecule has 1 aromatic heterocycles. The Morgan fingerprint density at radius 1 is 1.32 bits per heavy atom. The molecule has 22 heavy (non-hydrogen) atoms. The summed E-state index contributed by atoms with van der Waals surface area (Å²) in [7, 11) is 1.72. The first kappa shape index (κ1) is 15.9. The highest BCUT2D eigenvalue weighted by molar-refractivity contribution is 5.22. The zero-order valence-electron chi connectivity index (χ0n) is 13.4. The predicted molar refractivity (Wildman–Crippen MR) is 82.9 cm³/mol. The maximum atomic E-state index is 5.92. The van der Waals surface area contributed by atoms with Gasteiger partial charge in [0.2, 0.25) is 0 Å². The van der Waals surface area contributed by atoms with Gasteiger partial charge >= 0.3 is 0 Å². The zero-order valence-corrected chi connectivity index (χ0v) is 13.4. The van der Waals surface area contributed by atoms with Crippen molar-refractivity contribution in [3.63, 3.8) is 0 Å². The molecule has 6 nitrogen and oxygen atoms in total. The molecule has 0 aromatic carbocycles. The van der Waals surface area contributed by atoms with Crippen molar-refractivity contribution in [3.8, 4) is 0 Å². The molecule has 0 saturated carbocycles. The van der Waals surface area contributed by atoms with Crippen molar-refractivity contribution in [2.75, 3.05) is 46.6 Å². The monoisotopic (exact) mass is 309 g/mol. The molecule has 0 spiro atoms. The minimum absolute atomic E-state index is 0.0763. The number of fused-ring (bicyclic) bond motifs is 1. The lowest BCUT2D eigenvalue weighted by Crippen LogP contribution is -2.33. The van der Waals surface area contributed by atoms with Gasteiger partial charge in [-0.2, -0.15) is 5.10 Å². The Morgan fingerprint density at radius 2 is 2.18 bits per heavy atom. The fourth-order valence-corrected chi connectivity index (χ4v) is 3.16. The van der Waals surface area contributed by atoms with Crippen LogP contribution in [0.25, 0.3) is 0 Å². The summed E-state index contributed by atoms with van der Waals surface area (Å²) in [6, 6.07) is 0. The minimum Gasteiger partial charge on any atom is -0.383 e. The van der Waals surface area contributed by atoms with Crippen LogP contribution in [0.3, 0.4) is 0 Å². The summed E-state index contributed by atoms with van der Waals surface area (Å²) in [5.74, 6) is 0.732. The van der Waals surface area contributed by atoms with Crippen LogP contribution in [0.5, 0.6) is 0 Å². The summed E-state index contributed by atoms with van der Waals surface area (Å²) in [5.41, 5.74) is 2.42. The molecule has 124 valence electrons. The highest BCUT2D eigenvalue weighted by Crippen LogP contribution is 2.25. The summed E-state index contributed by atoms with van der Waals surface area (Å²) in [4.78, 5) is 0. The van der Waals surface area contributed by atoms with Gasteiger partial charge in [0.25, 0.3) is 0 Å². The van der Waals surface area contributed by atoms with Crippen molar-refractivity contribution in [2.45, 2.75) is 31.9 Å². The van der Waals surface area contributed by atoms with E-state index in [2.05, 4.69) is 16.6 Å². The lowest BCUT2D eigenvalue weighted by Gasteiger charge is -2.25. The standard InChI is InChI=1S/C16H27N3O3/c1-20-9-5-19-12-14-4-8-22-15(16(14)18-19)11-17-10-13-2-6-21-7-3-13/h12-13,15,17H,2-11H2,1H3/t15-/m0/s1. The second-order valence-electron chi connectivity index (χ2n) is 6.12. The number of hydrogen-bond donors (Lipinski definition) is 1. The molecule has 1 atom stereocenters. The summed E-state index contributed by atoms with van der Waals surface area (Å²) in [5, 5.41) is 8.25. The third kappa shape index (κ3) is 4.07. The maximum absolute atomic E-state index is 5.92. The normalized spacial score (nSPS) is 22.7. The number of rotatable bonds is 7. The molecule has 1 fully saturated rings. The van der Waals surface area contributed by atoms with Crippen LogP contribution in [0.1, 0.15) is 30.2 Å². The Labute approximate surface area is 132 Å². The predicted octanol–water partition coefficient (Wildman–Crippen LogP) is 1.16. The third-order valence-electron chi connectivity index (χ3n) is 4.49. The maximum Gasteiger partial charge on any atom is 0.114 e. The van der Waals surface area contributed by atoms with Crippen LogP contribution in [0.15, 0.2) is 6.20 Å². The van der Waals surface area contributed by atoms with E-state index in [0.29, 0.717) is 6.61 Å². The number of methoxy groups -OCH3 is 1. The number of nitrogens with one attached hydrogen (secondary N) is 1. The second-order valence-corrected chi connectivity index (χ2v) is 6.12. The first-order chi connectivity index (χ1) is 10.9. The largest absolute Gasteiger partial charge is 0.383 e. The summed E-state index contributed by atoms with van der Waals surface area (Å²) < 4.78 is 18.4. The average Bonchev–Trinajstić information content (AvgIpc) is 2.98. The molecular weight excluding hydrogens is 282 g/mol. The van der Waals surface area contributed by atoms with Crippen molar-refractivity contribution in [2.24, 2.45) is 5.92 Å². The molecule has 0 aliphatic carbocycles. The van der Waals surface area contributed by atoms with Gasteiger partial charge < -0.3 is 19.5 Å². The molecule has 0 amide bonds. The first-order valence-corrected chi connectivity index (χ1v) is 8.32. The van der Waals surface area contributed by atoms with Crippen LogP contribution in [0.2, 0.25) is 0 Å². The minimum atomic E-state index is 0.0763. The van der Waals surface area contributed by atoms with E-state index in [1.54, 1.807) is 7.11 Å². The summed E-state index contributed by atoms with van der Waals surface area (Å²) >= 11 is 0. The number of nitrogens with zero attached hydrogens (tertiary/aromatic N) is 2. The molecule has 6 heteroatoms. The molecule has 3 heterocycles. The Kier molecular flexibility index (Phi) is 5.83. The van der Waals surface area contributed by atoms with Gasteiger partial charge in [-0.1, -0.05) is 0 Å². The van der Waals surface area contributed by atoms with E-state index >= 15 is 0 Å². The van der Waals surface area contributed by atoms with Crippen molar-refractivity contribution in [1.82, 2.24) is 15.1 Å². The van der Waals surface area contributed by atoms with Crippen LogP contribution < -0.4 is 5.32 Å². The van der Waals surface area contributed by atoms with Crippen LogP contribution in [0.4, 0.5) is 0 Å². The number of hydrogen-bond acceptors (Lipinski definition) is 5. The van der Waals surface area contributed by atoms with Crippen molar-refractivity contribution < 1.29 is 14.2 Å².